The Bertz CT molecular complexity index is 1300. The van der Waals surface area contributed by atoms with Gasteiger partial charge in [0.05, 0.1) is 50.9 Å². The topological polar surface area (TPSA) is 22.6 Å². The van der Waals surface area contributed by atoms with Gasteiger partial charge in [0, 0.05) is 42.2 Å². The lowest BCUT2D eigenvalue weighted by Crippen LogP contribution is -2.37. The fourth-order valence-electron chi connectivity index (χ4n) is 4.55. The van der Waals surface area contributed by atoms with Crippen molar-refractivity contribution in [3.63, 3.8) is 0 Å². The van der Waals surface area contributed by atoms with Crippen molar-refractivity contribution in [3.05, 3.63) is 64.7 Å². The molecule has 0 bridgehead atoms. The number of hydrogen-bond acceptors (Lipinski definition) is 4. The van der Waals surface area contributed by atoms with Gasteiger partial charge in [-0.25, -0.2) is 4.58 Å². The van der Waals surface area contributed by atoms with Gasteiger partial charge in [-0.2, -0.15) is 0 Å². The zero-order valence-electron chi connectivity index (χ0n) is 22.3. The lowest BCUT2D eigenvalue weighted by molar-refractivity contribution is -0.870. The normalized spacial score (nSPS) is 15.6. The first-order valence-corrected chi connectivity index (χ1v) is 13.4. The van der Waals surface area contributed by atoms with Gasteiger partial charge in [0.2, 0.25) is 0 Å². The number of rotatable bonds is 8. The van der Waals surface area contributed by atoms with Crippen molar-refractivity contribution in [1.82, 2.24) is 4.58 Å². The van der Waals surface area contributed by atoms with Gasteiger partial charge in [-0.15, -0.1) is 0 Å². The molecule has 4 rings (SSSR count). The van der Waals surface area contributed by atoms with Crippen LogP contribution < -0.4 is 19.9 Å². The average Bonchev–Trinajstić information content (AvgIpc) is 3.14. The molecule has 35 heavy (non-hydrogen) atoms. The Hall–Kier alpha value is -2.70. The third kappa shape index (κ3) is 5.76. The van der Waals surface area contributed by atoms with Crippen LogP contribution in [0.4, 0.5) is 11.4 Å². The van der Waals surface area contributed by atoms with Crippen LogP contribution in [-0.4, -0.2) is 65.9 Å². The van der Waals surface area contributed by atoms with Crippen molar-refractivity contribution >= 4 is 40.2 Å². The third-order valence-corrected chi connectivity index (χ3v) is 7.81. The van der Waals surface area contributed by atoms with Gasteiger partial charge in [-0.3, -0.25) is 0 Å². The Morgan fingerprint density at radius 1 is 1.06 bits per heavy atom. The molecule has 186 valence electrons. The maximum Gasteiger partial charge on any atom is 0.368 e. The van der Waals surface area contributed by atoms with Gasteiger partial charge in [0.15, 0.2) is 6.54 Å². The van der Waals surface area contributed by atoms with E-state index in [2.05, 4.69) is 118 Å². The number of anilines is 2. The molecular formula is C29H40N4OS+2. The Morgan fingerprint density at radius 3 is 2.49 bits per heavy atom. The first kappa shape index (κ1) is 25.4. The monoisotopic (exact) mass is 492 g/mol. The first-order chi connectivity index (χ1) is 16.7. The standard InChI is InChI=1S/C29H40N4OS/c1-8-32(9-2)23-15-16-24-22(20-29-31(4)25-13-10-11-14-27(25)35-29)19-28(34-26(24)21-23)30(3)17-12-18-33(5,6)7/h10-11,13-16,19-21H,8-9,12,17-18H2,1-7H3/q+2. The molecule has 0 radical (unpaired) electrons. The molecule has 1 aliphatic heterocycles. The lowest BCUT2D eigenvalue weighted by Gasteiger charge is -2.22. The molecule has 0 spiro atoms. The van der Waals surface area contributed by atoms with E-state index in [-0.39, 0.29) is 0 Å². The summed E-state index contributed by atoms with van der Waals surface area (Å²) in [5.74, 6) is 0. The van der Waals surface area contributed by atoms with Crippen LogP contribution in [-0.2, 0) is 0 Å². The molecule has 2 aromatic carbocycles. The zero-order valence-corrected chi connectivity index (χ0v) is 23.2. The third-order valence-electron chi connectivity index (χ3n) is 6.65. The molecule has 0 saturated heterocycles. The molecule has 0 saturated carbocycles. The summed E-state index contributed by atoms with van der Waals surface area (Å²) < 4.78 is 9.75. The summed E-state index contributed by atoms with van der Waals surface area (Å²) in [6.07, 6.45) is 3.42. The maximum atomic E-state index is 6.52. The maximum absolute atomic E-state index is 6.52. The zero-order chi connectivity index (χ0) is 25.2. The minimum atomic E-state index is 0.908. The number of quaternary nitrogens is 1. The predicted molar refractivity (Wildman–Crippen MR) is 152 cm³/mol. The molecule has 5 nitrogen and oxygen atoms in total. The molecule has 0 amide bonds. The fourth-order valence-corrected chi connectivity index (χ4v) is 5.65. The van der Waals surface area contributed by atoms with Crippen LogP contribution in [0, 0.1) is 0 Å². The highest BCUT2D eigenvalue weighted by Gasteiger charge is 2.22. The van der Waals surface area contributed by atoms with Crippen molar-refractivity contribution in [2.75, 3.05) is 71.2 Å². The minimum absolute atomic E-state index is 0.908. The van der Waals surface area contributed by atoms with E-state index in [4.69, 9.17) is 4.42 Å². The summed E-state index contributed by atoms with van der Waals surface area (Å²) in [5, 5.41) is 2.37. The van der Waals surface area contributed by atoms with E-state index in [0.29, 0.717) is 0 Å². The Morgan fingerprint density at radius 2 is 1.80 bits per heavy atom. The molecule has 0 unspecified atom stereocenters. The second-order valence-corrected chi connectivity index (χ2v) is 11.4. The molecule has 0 fully saturated rings. The summed E-state index contributed by atoms with van der Waals surface area (Å²) in [5.41, 5.74) is 5.49. The summed E-state index contributed by atoms with van der Waals surface area (Å²) in [6.45, 7) is 8.43. The van der Waals surface area contributed by atoms with Gasteiger partial charge in [0.1, 0.15) is 12.6 Å². The second kappa shape index (κ2) is 10.5. The van der Waals surface area contributed by atoms with Crippen LogP contribution >= 0.6 is 11.8 Å². The van der Waals surface area contributed by atoms with E-state index in [1.165, 1.54) is 26.9 Å². The molecule has 1 aliphatic rings. The number of para-hydroxylation sites is 1. The van der Waals surface area contributed by atoms with Gasteiger partial charge < -0.3 is 18.7 Å². The second-order valence-electron chi connectivity index (χ2n) is 10.3. The predicted octanol–water partition coefficient (Wildman–Crippen LogP) is 5.32. The van der Waals surface area contributed by atoms with E-state index in [9.17, 15) is 0 Å². The minimum Gasteiger partial charge on any atom is -0.405 e. The molecule has 1 aromatic heterocycles. The number of hydrogen-bond donors (Lipinski definition) is 0. The summed E-state index contributed by atoms with van der Waals surface area (Å²) in [7, 11) is 11.0. The van der Waals surface area contributed by atoms with Crippen LogP contribution in [0.5, 0.6) is 0 Å². The van der Waals surface area contributed by atoms with Crippen LogP contribution in [0.1, 0.15) is 25.8 Å². The fraction of sp³-hybridized carbons (Fsp3) is 0.414. The van der Waals surface area contributed by atoms with E-state index in [1.54, 1.807) is 0 Å². The number of benzene rings is 2. The molecule has 0 aliphatic carbocycles. The van der Waals surface area contributed by atoms with Crippen LogP contribution in [0.3, 0.4) is 0 Å². The Labute approximate surface area is 214 Å². The average molecular weight is 493 g/mol. The summed E-state index contributed by atoms with van der Waals surface area (Å²) in [4.78, 5) is 5.94. The van der Waals surface area contributed by atoms with Gasteiger partial charge in [0.25, 0.3) is 0 Å². The van der Waals surface area contributed by atoms with E-state index in [1.807, 2.05) is 11.8 Å². The molecule has 2 heterocycles. The summed E-state index contributed by atoms with van der Waals surface area (Å²) >= 11 is 1.83. The highest BCUT2D eigenvalue weighted by Crippen LogP contribution is 2.45. The van der Waals surface area contributed by atoms with Gasteiger partial charge in [-0.05, 0) is 49.8 Å². The van der Waals surface area contributed by atoms with Crippen molar-refractivity contribution in [3.8, 4) is 0 Å². The largest absolute Gasteiger partial charge is 0.405 e. The summed E-state index contributed by atoms with van der Waals surface area (Å²) in [6, 6.07) is 17.4. The van der Waals surface area contributed by atoms with Crippen molar-refractivity contribution in [2.45, 2.75) is 25.2 Å². The molecule has 0 atom stereocenters. The number of nitrogens with zero attached hydrogens (tertiary/aromatic N) is 4. The van der Waals surface area contributed by atoms with Gasteiger partial charge >= 0.3 is 5.55 Å². The highest BCUT2D eigenvalue weighted by atomic mass is 32.2. The molecule has 3 aromatic rings. The Kier molecular flexibility index (Phi) is 7.62. The number of thioether (sulfide) groups is 1. The van der Waals surface area contributed by atoms with Crippen molar-refractivity contribution in [1.29, 1.82) is 0 Å². The van der Waals surface area contributed by atoms with Crippen LogP contribution in [0.25, 0.3) is 17.0 Å². The first-order valence-electron chi connectivity index (χ1n) is 12.6. The Balaban J connectivity index is 1.81. The number of fused-ring (bicyclic) bond motifs is 2. The van der Waals surface area contributed by atoms with Crippen molar-refractivity contribution in [2.24, 2.45) is 0 Å². The van der Waals surface area contributed by atoms with E-state index < -0.39 is 0 Å². The van der Waals surface area contributed by atoms with Crippen molar-refractivity contribution < 1.29 is 8.90 Å². The lowest BCUT2D eigenvalue weighted by atomic mass is 10.1. The van der Waals surface area contributed by atoms with Crippen LogP contribution in [0.15, 0.2) is 62.9 Å². The molecular weight excluding hydrogens is 452 g/mol. The molecule has 6 heteroatoms. The van der Waals surface area contributed by atoms with E-state index >= 15 is 0 Å². The van der Waals surface area contributed by atoms with Gasteiger partial charge in [-0.1, -0.05) is 23.9 Å². The quantitative estimate of drug-likeness (QED) is 0.314. The SMILES string of the molecule is CCN(CC)c1ccc2c(C=C3Sc4ccccc4N3C)cc(=[N+](C)CCC[N+](C)(C)C)oc2c1. The smallest absolute Gasteiger partial charge is 0.368 e. The van der Waals surface area contributed by atoms with E-state index in [0.717, 1.165) is 53.6 Å². The van der Waals surface area contributed by atoms with Crippen LogP contribution in [0.2, 0.25) is 0 Å². The molecule has 0 N–H and O–H groups in total. The highest BCUT2D eigenvalue weighted by molar-refractivity contribution is 8.03.